The molecular formula is C14H18N4O. The van der Waals surface area contributed by atoms with Crippen LogP contribution in [0.3, 0.4) is 0 Å². The summed E-state index contributed by atoms with van der Waals surface area (Å²) in [5.41, 5.74) is 7.56. The molecule has 0 radical (unpaired) electrons. The Balaban J connectivity index is 2.04. The number of hydrogen-bond acceptors (Lipinski definition) is 4. The number of carbonyl (C=O) groups is 1. The average Bonchev–Trinajstić information content (AvgIpc) is 2.94. The predicted molar refractivity (Wildman–Crippen MR) is 74.5 cm³/mol. The van der Waals surface area contributed by atoms with E-state index in [0.29, 0.717) is 16.9 Å². The van der Waals surface area contributed by atoms with E-state index in [1.807, 2.05) is 17.9 Å². The Bertz CT molecular complexity index is 515. The van der Waals surface area contributed by atoms with E-state index in [4.69, 9.17) is 11.0 Å². The van der Waals surface area contributed by atoms with Gasteiger partial charge < -0.3 is 16.0 Å². The van der Waals surface area contributed by atoms with Gasteiger partial charge in [-0.1, -0.05) is 0 Å². The molecular weight excluding hydrogens is 240 g/mol. The van der Waals surface area contributed by atoms with Crippen LogP contribution >= 0.6 is 0 Å². The molecule has 0 aromatic heterocycles. The molecule has 5 heteroatoms. The molecule has 0 spiro atoms. The average molecular weight is 258 g/mol. The molecule has 1 unspecified atom stereocenters. The van der Waals surface area contributed by atoms with Crippen LogP contribution in [0.1, 0.15) is 25.3 Å². The number of nitrogen functional groups attached to an aromatic ring is 1. The normalized spacial score (nSPS) is 15.9. The molecule has 1 aromatic rings. The standard InChI is InChI=1S/C14H18N4O/c1-10(14(19)18-6-2-3-7-18)17-13-5-4-11(9-15)8-12(13)16/h4-5,8,10,17H,2-3,6-7,16H2,1H3. The highest BCUT2D eigenvalue weighted by molar-refractivity contribution is 5.85. The van der Waals surface area contributed by atoms with E-state index in [1.54, 1.807) is 18.2 Å². The van der Waals surface area contributed by atoms with Crippen LogP contribution < -0.4 is 11.1 Å². The van der Waals surface area contributed by atoms with Crippen molar-refractivity contribution in [1.82, 2.24) is 4.90 Å². The third-order valence-corrected chi connectivity index (χ3v) is 3.34. The molecule has 1 saturated heterocycles. The van der Waals surface area contributed by atoms with Crippen molar-refractivity contribution >= 4 is 17.3 Å². The van der Waals surface area contributed by atoms with E-state index in [0.717, 1.165) is 25.9 Å². The Morgan fingerprint density at radius 2 is 2.16 bits per heavy atom. The van der Waals surface area contributed by atoms with Gasteiger partial charge >= 0.3 is 0 Å². The lowest BCUT2D eigenvalue weighted by Gasteiger charge is -2.22. The minimum absolute atomic E-state index is 0.0984. The van der Waals surface area contributed by atoms with Crippen molar-refractivity contribution in [3.63, 3.8) is 0 Å². The summed E-state index contributed by atoms with van der Waals surface area (Å²) in [6.45, 7) is 3.51. The van der Waals surface area contributed by atoms with Crippen molar-refractivity contribution in [2.45, 2.75) is 25.8 Å². The number of carbonyl (C=O) groups excluding carboxylic acids is 1. The Morgan fingerprint density at radius 1 is 1.47 bits per heavy atom. The van der Waals surface area contributed by atoms with Gasteiger partial charge in [0.2, 0.25) is 5.91 Å². The molecule has 1 heterocycles. The second-order valence-electron chi connectivity index (χ2n) is 4.81. The number of anilines is 2. The van der Waals surface area contributed by atoms with E-state index < -0.39 is 0 Å². The van der Waals surface area contributed by atoms with Crippen molar-refractivity contribution in [1.29, 1.82) is 5.26 Å². The molecule has 3 N–H and O–H groups in total. The number of likely N-dealkylation sites (tertiary alicyclic amines) is 1. The van der Waals surface area contributed by atoms with E-state index in [-0.39, 0.29) is 11.9 Å². The van der Waals surface area contributed by atoms with Crippen LogP contribution in [0.4, 0.5) is 11.4 Å². The van der Waals surface area contributed by atoms with Gasteiger partial charge in [0.1, 0.15) is 6.04 Å². The summed E-state index contributed by atoms with van der Waals surface area (Å²) in [5, 5.41) is 11.9. The first-order chi connectivity index (χ1) is 9.11. The highest BCUT2D eigenvalue weighted by atomic mass is 16.2. The highest BCUT2D eigenvalue weighted by Gasteiger charge is 2.23. The highest BCUT2D eigenvalue weighted by Crippen LogP contribution is 2.21. The fourth-order valence-corrected chi connectivity index (χ4v) is 2.27. The topological polar surface area (TPSA) is 82.1 Å². The Kier molecular flexibility index (Phi) is 3.91. The minimum Gasteiger partial charge on any atom is -0.397 e. The van der Waals surface area contributed by atoms with Crippen molar-refractivity contribution in [2.24, 2.45) is 0 Å². The Hall–Kier alpha value is -2.22. The monoisotopic (exact) mass is 258 g/mol. The molecule has 1 aromatic carbocycles. The van der Waals surface area contributed by atoms with Crippen LogP contribution in [0.5, 0.6) is 0 Å². The summed E-state index contributed by atoms with van der Waals surface area (Å²) in [6.07, 6.45) is 2.16. The molecule has 2 rings (SSSR count). The second kappa shape index (κ2) is 5.61. The van der Waals surface area contributed by atoms with Gasteiger partial charge in [-0.05, 0) is 38.0 Å². The maximum atomic E-state index is 12.2. The number of hydrogen-bond donors (Lipinski definition) is 2. The number of nitriles is 1. The maximum absolute atomic E-state index is 12.2. The summed E-state index contributed by atoms with van der Waals surface area (Å²) in [7, 11) is 0. The van der Waals surface area contributed by atoms with E-state index in [1.165, 1.54) is 0 Å². The van der Waals surface area contributed by atoms with E-state index in [2.05, 4.69) is 5.32 Å². The number of nitrogens with one attached hydrogen (secondary N) is 1. The number of nitrogens with two attached hydrogens (primary N) is 1. The third kappa shape index (κ3) is 2.97. The minimum atomic E-state index is -0.312. The van der Waals surface area contributed by atoms with Crippen LogP contribution in [-0.2, 0) is 4.79 Å². The zero-order chi connectivity index (χ0) is 13.8. The number of nitrogens with zero attached hydrogens (tertiary/aromatic N) is 2. The van der Waals surface area contributed by atoms with Crippen LogP contribution in [0.25, 0.3) is 0 Å². The fourth-order valence-electron chi connectivity index (χ4n) is 2.27. The SMILES string of the molecule is CC(Nc1ccc(C#N)cc1N)C(=O)N1CCCC1. The zero-order valence-electron chi connectivity index (χ0n) is 11.0. The molecule has 100 valence electrons. The van der Waals surface area contributed by atoms with Gasteiger partial charge in [-0.2, -0.15) is 5.26 Å². The first-order valence-electron chi connectivity index (χ1n) is 6.47. The molecule has 0 saturated carbocycles. The van der Waals surface area contributed by atoms with E-state index in [9.17, 15) is 4.79 Å². The summed E-state index contributed by atoms with van der Waals surface area (Å²) < 4.78 is 0. The predicted octanol–water partition coefficient (Wildman–Crippen LogP) is 1.56. The molecule has 1 amide bonds. The largest absolute Gasteiger partial charge is 0.397 e. The van der Waals surface area contributed by atoms with Crippen LogP contribution in [0, 0.1) is 11.3 Å². The second-order valence-corrected chi connectivity index (χ2v) is 4.81. The number of benzene rings is 1. The van der Waals surface area contributed by atoms with Gasteiger partial charge in [0.05, 0.1) is 23.0 Å². The molecule has 1 atom stereocenters. The summed E-state index contributed by atoms with van der Waals surface area (Å²) in [5.74, 6) is 0.0984. The first-order valence-corrected chi connectivity index (χ1v) is 6.47. The van der Waals surface area contributed by atoms with Gasteiger partial charge in [-0.25, -0.2) is 0 Å². The summed E-state index contributed by atoms with van der Waals surface area (Å²) >= 11 is 0. The lowest BCUT2D eigenvalue weighted by molar-refractivity contribution is -0.130. The van der Waals surface area contributed by atoms with Gasteiger partial charge in [0.25, 0.3) is 0 Å². The van der Waals surface area contributed by atoms with Crippen molar-refractivity contribution in [3.8, 4) is 6.07 Å². The Morgan fingerprint density at radius 3 is 2.74 bits per heavy atom. The molecule has 19 heavy (non-hydrogen) atoms. The van der Waals surface area contributed by atoms with Crippen molar-refractivity contribution < 1.29 is 4.79 Å². The van der Waals surface area contributed by atoms with Gasteiger partial charge in [0.15, 0.2) is 0 Å². The lowest BCUT2D eigenvalue weighted by Crippen LogP contribution is -2.39. The quantitative estimate of drug-likeness (QED) is 0.806. The van der Waals surface area contributed by atoms with Gasteiger partial charge in [0, 0.05) is 13.1 Å². The summed E-state index contributed by atoms with van der Waals surface area (Å²) in [6, 6.07) is 6.75. The maximum Gasteiger partial charge on any atom is 0.244 e. The van der Waals surface area contributed by atoms with Crippen molar-refractivity contribution in [2.75, 3.05) is 24.1 Å². The smallest absolute Gasteiger partial charge is 0.244 e. The lowest BCUT2D eigenvalue weighted by atomic mass is 10.1. The van der Waals surface area contributed by atoms with Gasteiger partial charge in [-0.3, -0.25) is 4.79 Å². The summed E-state index contributed by atoms with van der Waals surface area (Å²) in [4.78, 5) is 14.0. The van der Waals surface area contributed by atoms with Crippen molar-refractivity contribution in [3.05, 3.63) is 23.8 Å². The number of amides is 1. The molecule has 0 bridgehead atoms. The zero-order valence-corrected chi connectivity index (χ0v) is 11.0. The van der Waals surface area contributed by atoms with Crippen LogP contribution in [0.15, 0.2) is 18.2 Å². The molecule has 1 fully saturated rings. The number of rotatable bonds is 3. The van der Waals surface area contributed by atoms with Crippen LogP contribution in [0.2, 0.25) is 0 Å². The van der Waals surface area contributed by atoms with Crippen LogP contribution in [-0.4, -0.2) is 29.9 Å². The third-order valence-electron chi connectivity index (χ3n) is 3.34. The first kappa shape index (κ1) is 13.2. The molecule has 1 aliphatic rings. The van der Waals surface area contributed by atoms with E-state index >= 15 is 0 Å². The molecule has 0 aliphatic carbocycles. The fraction of sp³-hybridized carbons (Fsp3) is 0.429. The molecule has 1 aliphatic heterocycles. The molecule has 5 nitrogen and oxygen atoms in total. The Labute approximate surface area is 113 Å². The van der Waals surface area contributed by atoms with Gasteiger partial charge in [-0.15, -0.1) is 0 Å².